The molecule has 0 spiro atoms. The van der Waals surface area contributed by atoms with Crippen molar-refractivity contribution in [2.75, 3.05) is 7.05 Å². The van der Waals surface area contributed by atoms with E-state index in [1.54, 1.807) is 0 Å². The molecule has 0 amide bonds. The molecule has 0 saturated heterocycles. The standard InChI is InChI=1S/C16H24ClN3/c1-8-16(17)12(20(3)19-8)7-11(18-2)15-13-9-4-5-10(6-9)14(13)15/h9-11,13-15,18H,4-7H2,1-3H3. The fourth-order valence-corrected chi connectivity index (χ4v) is 5.71. The molecule has 4 heteroatoms. The summed E-state index contributed by atoms with van der Waals surface area (Å²) in [4.78, 5) is 0. The number of aromatic nitrogens is 2. The van der Waals surface area contributed by atoms with Gasteiger partial charge in [0.25, 0.3) is 0 Å². The van der Waals surface area contributed by atoms with Crippen LogP contribution in [0.4, 0.5) is 0 Å². The van der Waals surface area contributed by atoms with E-state index in [1.807, 2.05) is 18.7 Å². The van der Waals surface area contributed by atoms with Crippen LogP contribution in [-0.4, -0.2) is 22.9 Å². The third-order valence-electron chi connectivity index (χ3n) is 6.31. The van der Waals surface area contributed by atoms with Gasteiger partial charge in [0.2, 0.25) is 0 Å². The van der Waals surface area contributed by atoms with E-state index < -0.39 is 0 Å². The van der Waals surface area contributed by atoms with Gasteiger partial charge in [0.05, 0.1) is 16.4 Å². The van der Waals surface area contributed by atoms with Gasteiger partial charge in [-0.2, -0.15) is 5.10 Å². The lowest BCUT2D eigenvalue weighted by atomic mass is 9.95. The van der Waals surface area contributed by atoms with Gasteiger partial charge in [-0.05, 0) is 62.8 Å². The predicted octanol–water partition coefficient (Wildman–Crippen LogP) is 2.80. The first-order valence-corrected chi connectivity index (χ1v) is 8.34. The second kappa shape index (κ2) is 4.48. The third kappa shape index (κ3) is 1.72. The number of aryl methyl sites for hydroxylation is 2. The fourth-order valence-electron chi connectivity index (χ4n) is 5.47. The van der Waals surface area contributed by atoms with Crippen molar-refractivity contribution in [3.8, 4) is 0 Å². The minimum Gasteiger partial charge on any atom is -0.316 e. The number of nitrogens with one attached hydrogen (secondary N) is 1. The Labute approximate surface area is 126 Å². The molecule has 110 valence electrons. The zero-order valence-corrected chi connectivity index (χ0v) is 13.3. The van der Waals surface area contributed by atoms with Gasteiger partial charge in [0.1, 0.15) is 0 Å². The molecule has 1 heterocycles. The van der Waals surface area contributed by atoms with E-state index >= 15 is 0 Å². The largest absolute Gasteiger partial charge is 0.316 e. The normalized spacial score (nSPS) is 39.1. The van der Waals surface area contributed by atoms with Gasteiger partial charge >= 0.3 is 0 Å². The highest BCUT2D eigenvalue weighted by molar-refractivity contribution is 6.31. The molecule has 3 aliphatic rings. The van der Waals surface area contributed by atoms with Crippen LogP contribution in [0.5, 0.6) is 0 Å². The van der Waals surface area contributed by atoms with Gasteiger partial charge < -0.3 is 5.32 Å². The topological polar surface area (TPSA) is 29.9 Å². The molecule has 1 aromatic rings. The zero-order valence-electron chi connectivity index (χ0n) is 12.6. The van der Waals surface area contributed by atoms with Crippen LogP contribution in [0.2, 0.25) is 5.02 Å². The minimum atomic E-state index is 0.570. The minimum absolute atomic E-state index is 0.570. The molecule has 1 N–H and O–H groups in total. The molecule has 5 unspecified atom stereocenters. The second-order valence-corrected chi connectivity index (χ2v) is 7.51. The molecular weight excluding hydrogens is 270 g/mol. The lowest BCUT2D eigenvalue weighted by molar-refractivity contribution is 0.372. The summed E-state index contributed by atoms with van der Waals surface area (Å²) >= 11 is 6.42. The average molecular weight is 294 g/mol. The first-order valence-electron chi connectivity index (χ1n) is 7.97. The van der Waals surface area contributed by atoms with Gasteiger partial charge in [-0.25, -0.2) is 0 Å². The molecule has 0 radical (unpaired) electrons. The molecule has 3 fully saturated rings. The van der Waals surface area contributed by atoms with Crippen molar-refractivity contribution in [1.82, 2.24) is 15.1 Å². The molecule has 0 aromatic carbocycles. The Kier molecular flexibility index (Phi) is 2.94. The lowest BCUT2D eigenvalue weighted by Crippen LogP contribution is -2.33. The van der Waals surface area contributed by atoms with E-state index in [9.17, 15) is 0 Å². The van der Waals surface area contributed by atoms with Crippen molar-refractivity contribution in [2.24, 2.45) is 36.6 Å². The molecule has 1 aromatic heterocycles. The summed E-state index contributed by atoms with van der Waals surface area (Å²) in [6, 6.07) is 0.570. The average Bonchev–Trinajstić information content (AvgIpc) is 2.74. The molecule has 20 heavy (non-hydrogen) atoms. The maximum atomic E-state index is 6.42. The summed E-state index contributed by atoms with van der Waals surface area (Å²) in [5.74, 6) is 4.99. The molecule has 2 bridgehead atoms. The van der Waals surface area contributed by atoms with E-state index in [4.69, 9.17) is 11.6 Å². The molecule has 0 aliphatic heterocycles. The summed E-state index contributed by atoms with van der Waals surface area (Å²) in [7, 11) is 4.12. The molecule has 3 saturated carbocycles. The van der Waals surface area contributed by atoms with Gasteiger partial charge in [0, 0.05) is 19.5 Å². The van der Waals surface area contributed by atoms with E-state index in [2.05, 4.69) is 17.5 Å². The number of likely N-dealkylation sites (N-methyl/N-ethyl adjacent to an activating group) is 1. The van der Waals surface area contributed by atoms with E-state index in [-0.39, 0.29) is 0 Å². The highest BCUT2D eigenvalue weighted by atomic mass is 35.5. The lowest BCUT2D eigenvalue weighted by Gasteiger charge is -2.20. The van der Waals surface area contributed by atoms with Crippen molar-refractivity contribution >= 4 is 11.6 Å². The summed E-state index contributed by atoms with van der Waals surface area (Å²) in [5, 5.41) is 8.89. The summed E-state index contributed by atoms with van der Waals surface area (Å²) in [5.41, 5.74) is 2.15. The van der Waals surface area contributed by atoms with Gasteiger partial charge in [-0.15, -0.1) is 0 Å². The molecule has 3 nitrogen and oxygen atoms in total. The maximum absolute atomic E-state index is 6.42. The van der Waals surface area contributed by atoms with Crippen LogP contribution < -0.4 is 5.32 Å². The number of nitrogens with zero attached hydrogens (tertiary/aromatic N) is 2. The van der Waals surface area contributed by atoms with Crippen LogP contribution in [0.25, 0.3) is 0 Å². The first-order chi connectivity index (χ1) is 9.61. The number of rotatable bonds is 4. The molecular formula is C16H24ClN3. The van der Waals surface area contributed by atoms with E-state index in [0.29, 0.717) is 6.04 Å². The van der Waals surface area contributed by atoms with Crippen molar-refractivity contribution in [2.45, 2.75) is 38.6 Å². The predicted molar refractivity (Wildman–Crippen MR) is 80.8 cm³/mol. The number of fused-ring (bicyclic) bond motifs is 5. The van der Waals surface area contributed by atoms with Crippen LogP contribution in [0.3, 0.4) is 0 Å². The van der Waals surface area contributed by atoms with Crippen molar-refractivity contribution in [3.05, 3.63) is 16.4 Å². The van der Waals surface area contributed by atoms with Gasteiger partial charge in [0.15, 0.2) is 0 Å². The smallest absolute Gasteiger partial charge is 0.0847 e. The Balaban J connectivity index is 1.53. The SMILES string of the molecule is CNC(Cc1c(Cl)c(C)nn1C)C1C2C3CCC(C3)C21. The van der Waals surface area contributed by atoms with Crippen LogP contribution in [-0.2, 0) is 13.5 Å². The first kappa shape index (κ1) is 13.1. The Morgan fingerprint density at radius 3 is 2.50 bits per heavy atom. The highest BCUT2D eigenvalue weighted by Gasteiger charge is 2.66. The zero-order chi connectivity index (χ0) is 14.0. The van der Waals surface area contributed by atoms with Crippen LogP contribution in [0, 0.1) is 36.5 Å². The number of hydrogen-bond donors (Lipinski definition) is 1. The Morgan fingerprint density at radius 1 is 1.35 bits per heavy atom. The summed E-state index contributed by atoms with van der Waals surface area (Å²) < 4.78 is 1.97. The van der Waals surface area contributed by atoms with E-state index in [0.717, 1.165) is 46.7 Å². The monoisotopic (exact) mass is 293 g/mol. The summed E-state index contributed by atoms with van der Waals surface area (Å²) in [6.07, 6.45) is 5.52. The van der Waals surface area contributed by atoms with Crippen LogP contribution in [0.1, 0.15) is 30.7 Å². The van der Waals surface area contributed by atoms with Crippen molar-refractivity contribution in [1.29, 1.82) is 0 Å². The third-order valence-corrected chi connectivity index (χ3v) is 6.80. The quantitative estimate of drug-likeness (QED) is 0.925. The molecule has 4 rings (SSSR count). The summed E-state index contributed by atoms with van der Waals surface area (Å²) in [6.45, 7) is 1.99. The van der Waals surface area contributed by atoms with Crippen LogP contribution in [0.15, 0.2) is 0 Å². The Morgan fingerprint density at radius 2 is 2.00 bits per heavy atom. The van der Waals surface area contributed by atoms with Gasteiger partial charge in [-0.1, -0.05) is 11.6 Å². The number of hydrogen-bond acceptors (Lipinski definition) is 2. The second-order valence-electron chi connectivity index (χ2n) is 7.13. The van der Waals surface area contributed by atoms with Gasteiger partial charge in [-0.3, -0.25) is 4.68 Å². The molecule has 3 aliphatic carbocycles. The Hall–Kier alpha value is -0.540. The van der Waals surface area contributed by atoms with Crippen molar-refractivity contribution in [3.63, 3.8) is 0 Å². The Bertz CT molecular complexity index is 522. The maximum Gasteiger partial charge on any atom is 0.0847 e. The highest BCUT2D eigenvalue weighted by Crippen LogP contribution is 2.70. The van der Waals surface area contributed by atoms with E-state index in [1.165, 1.54) is 25.0 Å². The number of halogens is 1. The molecule has 5 atom stereocenters. The van der Waals surface area contributed by atoms with Crippen LogP contribution >= 0.6 is 11.6 Å². The van der Waals surface area contributed by atoms with Crippen molar-refractivity contribution < 1.29 is 0 Å². The fraction of sp³-hybridized carbons (Fsp3) is 0.812.